The maximum Gasteiger partial charge on any atom is 0.192 e. The zero-order valence-corrected chi connectivity index (χ0v) is 12.2. The Morgan fingerprint density at radius 3 is 2.25 bits per heavy atom. The first kappa shape index (κ1) is 13.4. The Kier molecular flexibility index (Phi) is 3.91. The summed E-state index contributed by atoms with van der Waals surface area (Å²) in [6.07, 6.45) is 0.896. The van der Waals surface area contributed by atoms with E-state index in [9.17, 15) is 0 Å². The molecule has 1 N–H and O–H groups in total. The maximum atomic E-state index is 6.10. The Labute approximate surface area is 98.9 Å². The number of aromatic amines is 1. The number of aryl methyl sites for hydroxylation is 1. The van der Waals surface area contributed by atoms with Gasteiger partial charge in [-0.15, -0.1) is 0 Å². The lowest BCUT2D eigenvalue weighted by Gasteiger charge is -2.35. The molecule has 0 atom stereocenters. The van der Waals surface area contributed by atoms with E-state index in [0.29, 0.717) is 6.61 Å². The first-order valence-corrected chi connectivity index (χ1v) is 8.71. The van der Waals surface area contributed by atoms with Crippen molar-refractivity contribution >= 4 is 8.32 Å². The Bertz CT molecular complexity index is 341. The lowest BCUT2D eigenvalue weighted by molar-refractivity contribution is 0.271. The molecule has 0 saturated heterocycles. The SMILES string of the molecule is CCc1n[nH]nc1CO[Si](C)(C)C(C)(C)C. The number of rotatable bonds is 4. The van der Waals surface area contributed by atoms with E-state index in [1.807, 2.05) is 0 Å². The van der Waals surface area contributed by atoms with Crippen LogP contribution >= 0.6 is 0 Å². The molecule has 1 aromatic heterocycles. The van der Waals surface area contributed by atoms with Crippen molar-refractivity contribution in [3.05, 3.63) is 11.4 Å². The molecule has 0 spiro atoms. The van der Waals surface area contributed by atoms with E-state index in [-0.39, 0.29) is 5.04 Å². The van der Waals surface area contributed by atoms with Crippen LogP contribution in [0.4, 0.5) is 0 Å². The summed E-state index contributed by atoms with van der Waals surface area (Å²) in [5.74, 6) is 0. The predicted molar refractivity (Wildman–Crippen MR) is 67.7 cm³/mol. The average Bonchev–Trinajstić information content (AvgIpc) is 2.60. The van der Waals surface area contributed by atoms with Crippen molar-refractivity contribution in [1.29, 1.82) is 0 Å². The van der Waals surface area contributed by atoms with Crippen LogP contribution in [-0.4, -0.2) is 23.7 Å². The molecule has 0 aromatic carbocycles. The fourth-order valence-electron chi connectivity index (χ4n) is 1.14. The van der Waals surface area contributed by atoms with Gasteiger partial charge in [-0.25, -0.2) is 0 Å². The van der Waals surface area contributed by atoms with E-state index >= 15 is 0 Å². The van der Waals surface area contributed by atoms with E-state index in [4.69, 9.17) is 4.43 Å². The Balaban J connectivity index is 2.65. The highest BCUT2D eigenvalue weighted by molar-refractivity contribution is 6.74. The molecule has 0 aliphatic heterocycles. The third kappa shape index (κ3) is 2.92. The van der Waals surface area contributed by atoms with Crippen LogP contribution in [0.3, 0.4) is 0 Å². The van der Waals surface area contributed by atoms with Gasteiger partial charge in [0.1, 0.15) is 5.69 Å². The summed E-state index contributed by atoms with van der Waals surface area (Å²) < 4.78 is 6.10. The molecule has 0 radical (unpaired) electrons. The summed E-state index contributed by atoms with van der Waals surface area (Å²) in [5, 5.41) is 11.1. The summed E-state index contributed by atoms with van der Waals surface area (Å²) in [6.45, 7) is 13.9. The normalized spacial score (nSPS) is 13.1. The summed E-state index contributed by atoms with van der Waals surface area (Å²) in [4.78, 5) is 0. The maximum absolute atomic E-state index is 6.10. The molecule has 0 bridgehead atoms. The van der Waals surface area contributed by atoms with Crippen LogP contribution in [0.25, 0.3) is 0 Å². The molecule has 0 amide bonds. The Hall–Kier alpha value is -0.683. The zero-order chi connectivity index (χ0) is 12.4. The lowest BCUT2D eigenvalue weighted by Crippen LogP contribution is -2.40. The molecule has 1 aromatic rings. The number of aromatic nitrogens is 3. The molecule has 0 saturated carbocycles. The minimum absolute atomic E-state index is 0.239. The fraction of sp³-hybridized carbons (Fsp3) is 0.818. The van der Waals surface area contributed by atoms with Crippen molar-refractivity contribution in [2.24, 2.45) is 0 Å². The third-order valence-electron chi connectivity index (χ3n) is 3.41. The number of hydrogen-bond donors (Lipinski definition) is 1. The van der Waals surface area contributed by atoms with Gasteiger partial charge in [0, 0.05) is 0 Å². The highest BCUT2D eigenvalue weighted by Crippen LogP contribution is 2.37. The predicted octanol–water partition coefficient (Wildman–Crippen LogP) is 2.89. The fourth-order valence-corrected chi connectivity index (χ4v) is 2.07. The summed E-state index contributed by atoms with van der Waals surface area (Å²) in [5.41, 5.74) is 1.96. The van der Waals surface area contributed by atoms with Crippen LogP contribution in [-0.2, 0) is 17.5 Å². The van der Waals surface area contributed by atoms with Gasteiger partial charge in [-0.2, -0.15) is 15.4 Å². The van der Waals surface area contributed by atoms with Crippen LogP contribution in [0.1, 0.15) is 39.1 Å². The topological polar surface area (TPSA) is 50.8 Å². The molecule has 0 aliphatic carbocycles. The van der Waals surface area contributed by atoms with Gasteiger partial charge in [-0.1, -0.05) is 27.7 Å². The van der Waals surface area contributed by atoms with E-state index in [0.717, 1.165) is 17.8 Å². The summed E-state index contributed by atoms with van der Waals surface area (Å²) in [7, 11) is -1.68. The Morgan fingerprint density at radius 1 is 1.19 bits per heavy atom. The summed E-state index contributed by atoms with van der Waals surface area (Å²) in [6, 6.07) is 0. The first-order chi connectivity index (χ1) is 7.28. The molecule has 0 fully saturated rings. The van der Waals surface area contributed by atoms with Gasteiger partial charge in [-0.05, 0) is 24.6 Å². The van der Waals surface area contributed by atoms with Crippen LogP contribution in [0, 0.1) is 0 Å². The molecule has 0 aliphatic rings. The summed E-state index contributed by atoms with van der Waals surface area (Å²) >= 11 is 0. The van der Waals surface area contributed by atoms with Crippen LogP contribution in [0.5, 0.6) is 0 Å². The Morgan fingerprint density at radius 2 is 1.75 bits per heavy atom. The van der Waals surface area contributed by atoms with Crippen LogP contribution < -0.4 is 0 Å². The second kappa shape index (κ2) is 4.67. The van der Waals surface area contributed by atoms with Gasteiger partial charge in [-0.3, -0.25) is 0 Å². The third-order valence-corrected chi connectivity index (χ3v) is 7.89. The van der Waals surface area contributed by atoms with E-state index in [1.165, 1.54) is 0 Å². The second-order valence-corrected chi connectivity index (χ2v) is 10.4. The van der Waals surface area contributed by atoms with Gasteiger partial charge in [0.2, 0.25) is 0 Å². The van der Waals surface area contributed by atoms with E-state index < -0.39 is 8.32 Å². The van der Waals surface area contributed by atoms with Crippen molar-refractivity contribution < 1.29 is 4.43 Å². The smallest absolute Gasteiger partial charge is 0.192 e. The largest absolute Gasteiger partial charge is 0.411 e. The minimum Gasteiger partial charge on any atom is -0.411 e. The number of nitrogens with one attached hydrogen (secondary N) is 1. The van der Waals surface area contributed by atoms with Gasteiger partial charge in [0.25, 0.3) is 0 Å². The van der Waals surface area contributed by atoms with Crippen molar-refractivity contribution in [3.63, 3.8) is 0 Å². The van der Waals surface area contributed by atoms with Crippen molar-refractivity contribution in [2.45, 2.75) is 58.9 Å². The molecular weight excluding hydrogens is 218 g/mol. The number of H-pyrrole nitrogens is 1. The zero-order valence-electron chi connectivity index (χ0n) is 11.2. The standard InChI is InChI=1S/C11H23N3OSi/c1-7-9-10(13-14-12-9)8-15-16(5,6)11(2,3)4/h7-8H2,1-6H3,(H,12,13,14). The molecular formula is C11H23N3OSi. The molecule has 92 valence electrons. The molecule has 16 heavy (non-hydrogen) atoms. The monoisotopic (exact) mass is 241 g/mol. The van der Waals surface area contributed by atoms with Crippen molar-refractivity contribution in [2.75, 3.05) is 0 Å². The van der Waals surface area contributed by atoms with Gasteiger partial charge in [0.15, 0.2) is 8.32 Å². The number of nitrogens with zero attached hydrogens (tertiary/aromatic N) is 2. The highest BCUT2D eigenvalue weighted by Gasteiger charge is 2.37. The quantitative estimate of drug-likeness (QED) is 0.825. The van der Waals surface area contributed by atoms with Gasteiger partial charge < -0.3 is 4.43 Å². The molecule has 4 nitrogen and oxygen atoms in total. The number of hydrogen-bond acceptors (Lipinski definition) is 3. The molecule has 1 heterocycles. The van der Waals surface area contributed by atoms with Crippen molar-refractivity contribution in [1.82, 2.24) is 15.4 Å². The van der Waals surface area contributed by atoms with Gasteiger partial charge in [0.05, 0.1) is 12.3 Å². The van der Waals surface area contributed by atoms with Crippen molar-refractivity contribution in [3.8, 4) is 0 Å². The van der Waals surface area contributed by atoms with E-state index in [2.05, 4.69) is 56.2 Å². The van der Waals surface area contributed by atoms with E-state index in [1.54, 1.807) is 0 Å². The van der Waals surface area contributed by atoms with Gasteiger partial charge >= 0.3 is 0 Å². The van der Waals surface area contributed by atoms with Crippen LogP contribution in [0.2, 0.25) is 18.1 Å². The highest BCUT2D eigenvalue weighted by atomic mass is 28.4. The second-order valence-electron chi connectivity index (χ2n) is 5.62. The molecule has 0 unspecified atom stereocenters. The average molecular weight is 241 g/mol. The lowest BCUT2D eigenvalue weighted by atomic mass is 10.2. The molecule has 1 rings (SSSR count). The first-order valence-electron chi connectivity index (χ1n) is 5.80. The minimum atomic E-state index is -1.68. The van der Waals surface area contributed by atoms with Crippen LogP contribution in [0.15, 0.2) is 0 Å². The molecule has 5 heteroatoms.